The minimum Gasteiger partial charge on any atom is -0.492 e. The molecule has 0 spiro atoms. The zero-order chi connectivity index (χ0) is 11.5. The molecule has 0 bridgehead atoms. The van der Waals surface area contributed by atoms with Crippen LogP contribution in [-0.4, -0.2) is 27.5 Å². The van der Waals surface area contributed by atoms with Crippen LogP contribution in [0.3, 0.4) is 0 Å². The van der Waals surface area contributed by atoms with Crippen LogP contribution in [0.2, 0.25) is 0 Å². The topological polar surface area (TPSA) is 39.7 Å². The van der Waals surface area contributed by atoms with Gasteiger partial charge in [-0.3, -0.25) is 0 Å². The van der Waals surface area contributed by atoms with E-state index in [0.29, 0.717) is 0 Å². The first-order valence-corrected chi connectivity index (χ1v) is 5.38. The summed E-state index contributed by atoms with van der Waals surface area (Å²) in [5.41, 5.74) is 2.36. The molecule has 4 nitrogen and oxygen atoms in total. The standard InChI is InChI=1S/C12H17NO3/c1-8-9(4-5-13-2)6-10-12(11(8)14-3)16-7-15-10/h6,13H,4-5,7H2,1-3H3. The van der Waals surface area contributed by atoms with Crippen LogP contribution in [0.5, 0.6) is 17.2 Å². The summed E-state index contributed by atoms with van der Waals surface area (Å²) in [6.07, 6.45) is 0.954. The van der Waals surface area contributed by atoms with Gasteiger partial charge in [0.2, 0.25) is 12.5 Å². The van der Waals surface area contributed by atoms with Gasteiger partial charge in [-0.05, 0) is 44.1 Å². The largest absolute Gasteiger partial charge is 0.492 e. The maximum absolute atomic E-state index is 5.40. The Balaban J connectivity index is 2.39. The third-order valence-electron chi connectivity index (χ3n) is 2.82. The first kappa shape index (κ1) is 11.1. The Morgan fingerprint density at radius 2 is 2.25 bits per heavy atom. The fourth-order valence-corrected chi connectivity index (χ4v) is 1.92. The molecule has 2 rings (SSSR count). The molecular formula is C12H17NO3. The Hall–Kier alpha value is -1.42. The van der Waals surface area contributed by atoms with Gasteiger partial charge in [0.15, 0.2) is 11.5 Å². The van der Waals surface area contributed by atoms with Gasteiger partial charge in [0.1, 0.15) is 0 Å². The summed E-state index contributed by atoms with van der Waals surface area (Å²) in [5.74, 6) is 2.31. The SMILES string of the molecule is CNCCc1cc2c(c(OC)c1C)OCO2. The lowest BCUT2D eigenvalue weighted by atomic mass is 10.0. The van der Waals surface area contributed by atoms with Crippen LogP contribution >= 0.6 is 0 Å². The van der Waals surface area contributed by atoms with Crippen molar-refractivity contribution in [1.29, 1.82) is 0 Å². The number of fused-ring (bicyclic) bond motifs is 1. The molecule has 0 aliphatic carbocycles. The van der Waals surface area contributed by atoms with Crippen molar-refractivity contribution in [2.45, 2.75) is 13.3 Å². The molecular weight excluding hydrogens is 206 g/mol. The van der Waals surface area contributed by atoms with E-state index in [-0.39, 0.29) is 6.79 Å². The summed E-state index contributed by atoms with van der Waals surface area (Å²) < 4.78 is 16.2. The fourth-order valence-electron chi connectivity index (χ4n) is 1.92. The maximum atomic E-state index is 5.40. The number of benzene rings is 1. The van der Waals surface area contributed by atoms with E-state index in [1.807, 2.05) is 20.0 Å². The lowest BCUT2D eigenvalue weighted by molar-refractivity contribution is 0.171. The zero-order valence-electron chi connectivity index (χ0n) is 9.92. The van der Waals surface area contributed by atoms with E-state index in [0.717, 1.165) is 35.8 Å². The van der Waals surface area contributed by atoms with Gasteiger partial charge in [-0.1, -0.05) is 0 Å². The molecule has 1 heterocycles. The van der Waals surface area contributed by atoms with Crippen LogP contribution in [0.4, 0.5) is 0 Å². The summed E-state index contributed by atoms with van der Waals surface area (Å²) in [4.78, 5) is 0. The van der Waals surface area contributed by atoms with Gasteiger partial charge in [0, 0.05) is 0 Å². The second-order valence-corrected chi connectivity index (χ2v) is 3.78. The summed E-state index contributed by atoms with van der Waals surface area (Å²) in [5, 5.41) is 3.14. The van der Waals surface area contributed by atoms with Crippen molar-refractivity contribution >= 4 is 0 Å². The highest BCUT2D eigenvalue weighted by Crippen LogP contribution is 2.44. The van der Waals surface area contributed by atoms with E-state index in [1.54, 1.807) is 7.11 Å². The molecule has 1 aliphatic heterocycles. The minimum atomic E-state index is 0.278. The van der Waals surface area contributed by atoms with Gasteiger partial charge in [-0.2, -0.15) is 0 Å². The number of likely N-dealkylation sites (N-methyl/N-ethyl adjacent to an activating group) is 1. The normalized spacial score (nSPS) is 12.9. The summed E-state index contributed by atoms with van der Waals surface area (Å²) in [6, 6.07) is 2.04. The highest BCUT2D eigenvalue weighted by atomic mass is 16.7. The molecule has 4 heteroatoms. The van der Waals surface area contributed by atoms with Crippen molar-refractivity contribution in [3.05, 3.63) is 17.2 Å². The minimum absolute atomic E-state index is 0.278. The predicted molar refractivity (Wildman–Crippen MR) is 61.5 cm³/mol. The summed E-state index contributed by atoms with van der Waals surface area (Å²) in [7, 11) is 3.60. The third kappa shape index (κ3) is 1.80. The van der Waals surface area contributed by atoms with Crippen LogP contribution in [0.15, 0.2) is 6.07 Å². The molecule has 88 valence electrons. The van der Waals surface area contributed by atoms with Gasteiger partial charge in [0.05, 0.1) is 7.11 Å². The average molecular weight is 223 g/mol. The quantitative estimate of drug-likeness (QED) is 0.839. The zero-order valence-corrected chi connectivity index (χ0v) is 9.92. The smallest absolute Gasteiger partial charge is 0.231 e. The highest BCUT2D eigenvalue weighted by Gasteiger charge is 2.22. The fraction of sp³-hybridized carbons (Fsp3) is 0.500. The predicted octanol–water partition coefficient (Wildman–Crippen LogP) is 1.49. The number of hydrogen-bond donors (Lipinski definition) is 1. The Morgan fingerprint density at radius 1 is 1.44 bits per heavy atom. The molecule has 1 N–H and O–H groups in total. The Bertz CT molecular complexity index is 390. The van der Waals surface area contributed by atoms with E-state index in [4.69, 9.17) is 14.2 Å². The van der Waals surface area contributed by atoms with E-state index < -0.39 is 0 Å². The summed E-state index contributed by atoms with van der Waals surface area (Å²) >= 11 is 0. The van der Waals surface area contributed by atoms with Gasteiger partial charge >= 0.3 is 0 Å². The van der Waals surface area contributed by atoms with Crippen molar-refractivity contribution in [2.75, 3.05) is 27.5 Å². The monoisotopic (exact) mass is 223 g/mol. The van der Waals surface area contributed by atoms with Crippen molar-refractivity contribution in [2.24, 2.45) is 0 Å². The molecule has 16 heavy (non-hydrogen) atoms. The number of nitrogens with one attached hydrogen (secondary N) is 1. The van der Waals surface area contributed by atoms with Crippen molar-refractivity contribution in [3.63, 3.8) is 0 Å². The summed E-state index contributed by atoms with van der Waals surface area (Å²) in [6.45, 7) is 3.26. The first-order chi connectivity index (χ1) is 7.77. The van der Waals surface area contributed by atoms with Crippen molar-refractivity contribution < 1.29 is 14.2 Å². The molecule has 0 unspecified atom stereocenters. The number of rotatable bonds is 4. The van der Waals surface area contributed by atoms with Gasteiger partial charge in [-0.25, -0.2) is 0 Å². The molecule has 0 radical (unpaired) electrons. The second kappa shape index (κ2) is 4.61. The first-order valence-electron chi connectivity index (χ1n) is 5.38. The molecule has 1 aliphatic rings. The Morgan fingerprint density at radius 3 is 2.94 bits per heavy atom. The van der Waals surface area contributed by atoms with E-state index >= 15 is 0 Å². The highest BCUT2D eigenvalue weighted by molar-refractivity contribution is 5.59. The molecule has 0 aromatic heterocycles. The van der Waals surface area contributed by atoms with Crippen LogP contribution < -0.4 is 19.5 Å². The Labute approximate surface area is 95.5 Å². The van der Waals surface area contributed by atoms with Gasteiger partial charge in [0.25, 0.3) is 0 Å². The average Bonchev–Trinajstić information content (AvgIpc) is 2.74. The molecule has 0 saturated carbocycles. The number of ether oxygens (including phenoxy) is 3. The molecule has 1 aromatic rings. The lowest BCUT2D eigenvalue weighted by Crippen LogP contribution is -2.11. The van der Waals surface area contributed by atoms with E-state index in [2.05, 4.69) is 5.32 Å². The number of methoxy groups -OCH3 is 1. The second-order valence-electron chi connectivity index (χ2n) is 3.78. The van der Waals surface area contributed by atoms with E-state index in [1.165, 1.54) is 5.56 Å². The van der Waals surface area contributed by atoms with Crippen LogP contribution in [-0.2, 0) is 6.42 Å². The molecule has 0 amide bonds. The molecule has 0 atom stereocenters. The van der Waals surface area contributed by atoms with Crippen LogP contribution in [0, 0.1) is 6.92 Å². The van der Waals surface area contributed by atoms with E-state index in [9.17, 15) is 0 Å². The Kier molecular flexibility index (Phi) is 3.19. The maximum Gasteiger partial charge on any atom is 0.231 e. The van der Waals surface area contributed by atoms with Gasteiger partial charge < -0.3 is 19.5 Å². The number of hydrogen-bond acceptors (Lipinski definition) is 4. The molecule has 0 saturated heterocycles. The van der Waals surface area contributed by atoms with Crippen molar-refractivity contribution in [1.82, 2.24) is 5.32 Å². The molecule has 1 aromatic carbocycles. The van der Waals surface area contributed by atoms with Crippen LogP contribution in [0.1, 0.15) is 11.1 Å². The van der Waals surface area contributed by atoms with Crippen molar-refractivity contribution in [3.8, 4) is 17.2 Å². The van der Waals surface area contributed by atoms with Crippen LogP contribution in [0.25, 0.3) is 0 Å². The van der Waals surface area contributed by atoms with Gasteiger partial charge in [-0.15, -0.1) is 0 Å². The third-order valence-corrected chi connectivity index (χ3v) is 2.82. The molecule has 0 fully saturated rings. The lowest BCUT2D eigenvalue weighted by Gasteiger charge is -2.12.